The number of aliphatic hydroxyl groups excluding tert-OH is 1. The maximum atomic E-state index is 11.8. The van der Waals surface area contributed by atoms with Crippen LogP contribution in [0.3, 0.4) is 0 Å². The number of rotatable bonds is 7. The van der Waals surface area contributed by atoms with E-state index >= 15 is 0 Å². The van der Waals surface area contributed by atoms with E-state index in [-0.39, 0.29) is 18.8 Å². The van der Waals surface area contributed by atoms with Gasteiger partial charge in [0.2, 0.25) is 10.0 Å². The van der Waals surface area contributed by atoms with Crippen LogP contribution in [0.5, 0.6) is 0 Å². The van der Waals surface area contributed by atoms with Gasteiger partial charge in [0.1, 0.15) is 0 Å². The Hall–Kier alpha value is -0.380. The molecule has 0 heterocycles. The van der Waals surface area contributed by atoms with Crippen molar-refractivity contribution in [2.45, 2.75) is 18.7 Å². The fourth-order valence-electron chi connectivity index (χ4n) is 0.787. The lowest BCUT2D eigenvalue weighted by molar-refractivity contribution is -0.200. The van der Waals surface area contributed by atoms with Crippen LogP contribution in [-0.2, 0) is 14.8 Å². The Morgan fingerprint density at radius 3 is 2.44 bits per heavy atom. The lowest BCUT2D eigenvalue weighted by Crippen LogP contribution is -2.41. The smallest absolute Gasteiger partial charge is 0.385 e. The molecule has 0 aromatic heterocycles. The molecule has 16 heavy (non-hydrogen) atoms. The third-order valence-corrected chi connectivity index (χ3v) is 3.07. The number of aliphatic hydroxyl groups is 1. The Labute approximate surface area is 91.6 Å². The van der Waals surface area contributed by atoms with Crippen LogP contribution in [-0.4, -0.2) is 51.8 Å². The van der Waals surface area contributed by atoms with Crippen LogP contribution < -0.4 is 4.72 Å². The summed E-state index contributed by atoms with van der Waals surface area (Å²) in [6.45, 7) is -0.873. The topological polar surface area (TPSA) is 75.6 Å². The molecule has 0 radical (unpaired) electrons. The summed E-state index contributed by atoms with van der Waals surface area (Å²) in [6.07, 6.45) is -7.34. The number of ether oxygens (including phenoxy) is 1. The minimum absolute atomic E-state index is 0.175. The minimum atomic E-state index is -4.82. The second-order valence-corrected chi connectivity index (χ2v) is 5.00. The number of sulfonamides is 1. The standard InChI is InChI=1S/C7H14F3NO4S/c1-15-3-2-4-16(13,14)11-5-6(12)7(8,9)10/h6,11-12H,2-5H2,1H3. The van der Waals surface area contributed by atoms with Crippen LogP contribution >= 0.6 is 0 Å². The van der Waals surface area contributed by atoms with Gasteiger partial charge in [-0.15, -0.1) is 0 Å². The maximum Gasteiger partial charge on any atom is 0.415 e. The number of nitrogens with one attached hydrogen (secondary N) is 1. The second-order valence-electron chi connectivity index (χ2n) is 3.07. The van der Waals surface area contributed by atoms with Crippen molar-refractivity contribution in [2.24, 2.45) is 0 Å². The van der Waals surface area contributed by atoms with Gasteiger partial charge in [0.05, 0.1) is 5.75 Å². The molecule has 98 valence electrons. The van der Waals surface area contributed by atoms with Crippen molar-refractivity contribution in [3.63, 3.8) is 0 Å². The Morgan fingerprint density at radius 1 is 1.44 bits per heavy atom. The molecule has 2 N–H and O–H groups in total. The Balaban J connectivity index is 4.00. The van der Waals surface area contributed by atoms with E-state index in [1.165, 1.54) is 7.11 Å². The number of hydrogen-bond acceptors (Lipinski definition) is 4. The largest absolute Gasteiger partial charge is 0.415 e. The fourth-order valence-corrected chi connectivity index (χ4v) is 1.84. The van der Waals surface area contributed by atoms with E-state index < -0.39 is 28.8 Å². The number of methoxy groups -OCH3 is 1. The van der Waals surface area contributed by atoms with Crippen molar-refractivity contribution >= 4 is 10.0 Å². The first-order chi connectivity index (χ1) is 7.19. The van der Waals surface area contributed by atoms with Gasteiger partial charge >= 0.3 is 6.18 Å². The van der Waals surface area contributed by atoms with Gasteiger partial charge in [-0.3, -0.25) is 0 Å². The number of alkyl halides is 3. The van der Waals surface area contributed by atoms with Crippen molar-refractivity contribution in [1.82, 2.24) is 4.72 Å². The molecule has 0 aliphatic carbocycles. The molecule has 0 aromatic rings. The average Bonchev–Trinajstić information content (AvgIpc) is 2.13. The van der Waals surface area contributed by atoms with Gasteiger partial charge in [0, 0.05) is 20.3 Å². The van der Waals surface area contributed by atoms with Crippen LogP contribution in [0.1, 0.15) is 6.42 Å². The first-order valence-electron chi connectivity index (χ1n) is 4.40. The molecule has 0 aliphatic rings. The normalized spacial score (nSPS) is 15.1. The fraction of sp³-hybridized carbons (Fsp3) is 1.00. The zero-order valence-electron chi connectivity index (χ0n) is 8.62. The molecule has 1 unspecified atom stereocenters. The number of hydrogen-bond donors (Lipinski definition) is 2. The van der Waals surface area contributed by atoms with E-state index in [1.54, 1.807) is 4.72 Å². The summed E-state index contributed by atoms with van der Waals surface area (Å²) in [6, 6.07) is 0. The summed E-state index contributed by atoms with van der Waals surface area (Å²) < 4.78 is 63.9. The van der Waals surface area contributed by atoms with Crippen LogP contribution in [0, 0.1) is 0 Å². The quantitative estimate of drug-likeness (QED) is 0.629. The lowest BCUT2D eigenvalue weighted by atomic mass is 10.4. The van der Waals surface area contributed by atoms with Crippen molar-refractivity contribution in [3.05, 3.63) is 0 Å². The molecule has 0 amide bonds. The first kappa shape index (κ1) is 15.6. The maximum absolute atomic E-state index is 11.8. The molecule has 0 spiro atoms. The second kappa shape index (κ2) is 6.38. The van der Waals surface area contributed by atoms with Crippen LogP contribution in [0.15, 0.2) is 0 Å². The van der Waals surface area contributed by atoms with Gasteiger partial charge in [-0.1, -0.05) is 0 Å². The van der Waals surface area contributed by atoms with Crippen molar-refractivity contribution in [1.29, 1.82) is 0 Å². The Bertz CT molecular complexity index is 290. The monoisotopic (exact) mass is 265 g/mol. The molecule has 0 aromatic carbocycles. The zero-order chi connectivity index (χ0) is 12.8. The molecule has 1 atom stereocenters. The van der Waals surface area contributed by atoms with Crippen molar-refractivity contribution in [3.8, 4) is 0 Å². The third-order valence-electron chi connectivity index (χ3n) is 1.64. The van der Waals surface area contributed by atoms with Crippen LogP contribution in [0.25, 0.3) is 0 Å². The molecule has 0 aliphatic heterocycles. The van der Waals surface area contributed by atoms with Crippen molar-refractivity contribution in [2.75, 3.05) is 26.0 Å². The third kappa shape index (κ3) is 6.99. The van der Waals surface area contributed by atoms with Crippen LogP contribution in [0.2, 0.25) is 0 Å². The summed E-state index contributed by atoms with van der Waals surface area (Å²) in [5, 5.41) is 8.54. The van der Waals surface area contributed by atoms with Crippen molar-refractivity contribution < 1.29 is 31.4 Å². The molecule has 0 saturated carbocycles. The van der Waals surface area contributed by atoms with Gasteiger partial charge in [-0.25, -0.2) is 13.1 Å². The lowest BCUT2D eigenvalue weighted by Gasteiger charge is -2.15. The average molecular weight is 265 g/mol. The molecule has 0 rings (SSSR count). The Morgan fingerprint density at radius 2 is 2.00 bits per heavy atom. The summed E-state index contributed by atoms with van der Waals surface area (Å²) in [4.78, 5) is 0. The van der Waals surface area contributed by atoms with Gasteiger partial charge in [0.15, 0.2) is 6.10 Å². The highest BCUT2D eigenvalue weighted by Gasteiger charge is 2.38. The molecular weight excluding hydrogens is 251 g/mol. The molecular formula is C7H14F3NO4S. The SMILES string of the molecule is COCCCS(=O)(=O)NCC(O)C(F)(F)F. The van der Waals surface area contributed by atoms with E-state index in [9.17, 15) is 21.6 Å². The van der Waals surface area contributed by atoms with E-state index in [2.05, 4.69) is 4.74 Å². The predicted molar refractivity (Wildman–Crippen MR) is 50.3 cm³/mol. The van der Waals surface area contributed by atoms with E-state index in [4.69, 9.17) is 5.11 Å². The molecule has 9 heteroatoms. The summed E-state index contributed by atoms with van der Waals surface area (Å²) in [7, 11) is -2.42. The highest BCUT2D eigenvalue weighted by molar-refractivity contribution is 7.89. The molecule has 0 saturated heterocycles. The van der Waals surface area contributed by atoms with Gasteiger partial charge < -0.3 is 9.84 Å². The predicted octanol–water partition coefficient (Wildman–Crippen LogP) is -0.134. The zero-order valence-corrected chi connectivity index (χ0v) is 9.44. The summed E-state index contributed by atoms with van der Waals surface area (Å²) in [5.74, 6) is -0.342. The van der Waals surface area contributed by atoms with Gasteiger partial charge in [-0.2, -0.15) is 13.2 Å². The molecule has 0 bridgehead atoms. The van der Waals surface area contributed by atoms with Crippen LogP contribution in [0.4, 0.5) is 13.2 Å². The van der Waals surface area contributed by atoms with E-state index in [0.717, 1.165) is 0 Å². The van der Waals surface area contributed by atoms with Gasteiger partial charge in [0.25, 0.3) is 0 Å². The number of halogens is 3. The van der Waals surface area contributed by atoms with Gasteiger partial charge in [-0.05, 0) is 6.42 Å². The van der Waals surface area contributed by atoms with E-state index in [0.29, 0.717) is 0 Å². The highest BCUT2D eigenvalue weighted by atomic mass is 32.2. The molecule has 0 fully saturated rings. The van der Waals surface area contributed by atoms with E-state index in [1.807, 2.05) is 0 Å². The molecule has 5 nitrogen and oxygen atoms in total. The first-order valence-corrected chi connectivity index (χ1v) is 6.05. The highest BCUT2D eigenvalue weighted by Crippen LogP contribution is 2.19. The Kier molecular flexibility index (Phi) is 6.23. The minimum Gasteiger partial charge on any atom is -0.385 e. The summed E-state index contributed by atoms with van der Waals surface area (Å²) in [5.41, 5.74) is 0. The summed E-state index contributed by atoms with van der Waals surface area (Å²) >= 11 is 0.